The van der Waals surface area contributed by atoms with Crippen LogP contribution in [0.25, 0.3) is 11.0 Å². The molecule has 0 atom stereocenters. The minimum atomic E-state index is -0.151. The number of methoxy groups -OCH3 is 1. The van der Waals surface area contributed by atoms with E-state index in [1.165, 1.54) is 11.8 Å². The lowest BCUT2D eigenvalue weighted by Gasteiger charge is -2.06. The predicted octanol–water partition coefficient (Wildman–Crippen LogP) is 4.72. The lowest BCUT2D eigenvalue weighted by molar-refractivity contribution is -0.113. The Balaban J connectivity index is 1.63. The predicted molar refractivity (Wildman–Crippen MR) is 101 cm³/mol. The van der Waals surface area contributed by atoms with E-state index in [9.17, 15) is 4.79 Å². The van der Waals surface area contributed by atoms with Crippen LogP contribution in [0.2, 0.25) is 5.02 Å². The molecule has 124 valence electrons. The van der Waals surface area contributed by atoms with Crippen LogP contribution in [0.5, 0.6) is 5.75 Å². The van der Waals surface area contributed by atoms with E-state index in [1.807, 2.05) is 24.3 Å². The first-order valence-corrected chi connectivity index (χ1v) is 9.12. The van der Waals surface area contributed by atoms with Crippen molar-refractivity contribution in [3.63, 3.8) is 0 Å². The molecule has 0 radical (unpaired) electrons. The van der Waals surface area contributed by atoms with Gasteiger partial charge in [-0.05, 0) is 30.3 Å². The normalized spacial score (nSPS) is 10.8. The fourth-order valence-corrected chi connectivity index (χ4v) is 3.48. The number of hydrogen-bond acceptors (Lipinski definition) is 4. The Labute approximate surface area is 156 Å². The van der Waals surface area contributed by atoms with Gasteiger partial charge in [-0.1, -0.05) is 39.3 Å². The largest absolute Gasteiger partial charge is 0.497 e. The summed E-state index contributed by atoms with van der Waals surface area (Å²) < 4.78 is 6.04. The molecule has 2 aromatic carbocycles. The van der Waals surface area contributed by atoms with Gasteiger partial charge in [0.2, 0.25) is 5.91 Å². The summed E-state index contributed by atoms with van der Waals surface area (Å²) in [6, 6.07) is 10.9. The summed E-state index contributed by atoms with van der Waals surface area (Å²) in [5.74, 6) is 0.830. The van der Waals surface area contributed by atoms with Crippen molar-refractivity contribution in [2.24, 2.45) is 0 Å². The van der Waals surface area contributed by atoms with Crippen LogP contribution < -0.4 is 10.1 Å². The first-order valence-electron chi connectivity index (χ1n) is 6.96. The summed E-state index contributed by atoms with van der Waals surface area (Å²) in [5.41, 5.74) is 2.28. The number of carbonyl (C=O) groups is 1. The molecule has 1 amide bonds. The number of carbonyl (C=O) groups excluding carboxylic acids is 1. The van der Waals surface area contributed by atoms with Crippen LogP contribution in [0.4, 0.5) is 5.69 Å². The van der Waals surface area contributed by atoms with Gasteiger partial charge in [-0.15, -0.1) is 0 Å². The van der Waals surface area contributed by atoms with E-state index in [0.29, 0.717) is 15.9 Å². The van der Waals surface area contributed by atoms with Gasteiger partial charge in [0.15, 0.2) is 5.16 Å². The number of benzene rings is 2. The number of nitrogens with one attached hydrogen (secondary N) is 2. The number of hydrogen-bond donors (Lipinski definition) is 2. The van der Waals surface area contributed by atoms with Crippen LogP contribution in [0, 0.1) is 0 Å². The number of nitrogens with zero attached hydrogens (tertiary/aromatic N) is 1. The molecular weight excluding hydrogens is 414 g/mol. The Hall–Kier alpha value is -1.70. The zero-order valence-corrected chi connectivity index (χ0v) is 15.8. The fraction of sp³-hybridized carbons (Fsp3) is 0.125. The minimum Gasteiger partial charge on any atom is -0.497 e. The van der Waals surface area contributed by atoms with E-state index in [4.69, 9.17) is 16.3 Å². The van der Waals surface area contributed by atoms with E-state index < -0.39 is 0 Å². The highest BCUT2D eigenvalue weighted by molar-refractivity contribution is 9.10. The van der Waals surface area contributed by atoms with Crippen LogP contribution in [-0.4, -0.2) is 28.7 Å². The van der Waals surface area contributed by atoms with Crippen molar-refractivity contribution in [3.8, 4) is 5.75 Å². The maximum atomic E-state index is 12.1. The van der Waals surface area contributed by atoms with E-state index in [0.717, 1.165) is 21.3 Å². The summed E-state index contributed by atoms with van der Waals surface area (Å²) in [6.07, 6.45) is 0. The smallest absolute Gasteiger partial charge is 0.234 e. The number of amides is 1. The molecule has 5 nitrogen and oxygen atoms in total. The standard InChI is InChI=1S/C16H13BrClN3O2S/c1-23-10-3-5-13-14(7-10)21-16(20-13)24-8-15(22)19-12-4-2-9(17)6-11(12)18/h2-7H,8H2,1H3,(H,19,22)(H,20,21). The van der Waals surface area contributed by atoms with Crippen LogP contribution in [0.1, 0.15) is 0 Å². The fourth-order valence-electron chi connectivity index (χ4n) is 2.07. The molecule has 0 saturated heterocycles. The molecule has 1 heterocycles. The Morgan fingerprint density at radius 1 is 1.38 bits per heavy atom. The van der Waals surface area contributed by atoms with Gasteiger partial charge in [0, 0.05) is 10.5 Å². The number of halogens is 2. The van der Waals surface area contributed by atoms with Gasteiger partial charge in [0.05, 0.1) is 34.6 Å². The molecule has 0 unspecified atom stereocenters. The van der Waals surface area contributed by atoms with Crippen molar-refractivity contribution in [2.45, 2.75) is 5.16 Å². The van der Waals surface area contributed by atoms with Crippen LogP contribution in [0.3, 0.4) is 0 Å². The summed E-state index contributed by atoms with van der Waals surface area (Å²) in [4.78, 5) is 19.7. The van der Waals surface area contributed by atoms with Gasteiger partial charge in [0.1, 0.15) is 5.75 Å². The Kier molecular flexibility index (Phi) is 5.33. The first kappa shape index (κ1) is 17.1. The van der Waals surface area contributed by atoms with Crippen molar-refractivity contribution in [1.29, 1.82) is 0 Å². The third-order valence-corrected chi connectivity index (χ3v) is 4.89. The molecule has 3 rings (SSSR count). The van der Waals surface area contributed by atoms with Crippen LogP contribution >= 0.6 is 39.3 Å². The van der Waals surface area contributed by atoms with Crippen molar-refractivity contribution < 1.29 is 9.53 Å². The number of ether oxygens (including phenoxy) is 1. The molecule has 0 bridgehead atoms. The lowest BCUT2D eigenvalue weighted by Crippen LogP contribution is -2.14. The zero-order valence-electron chi connectivity index (χ0n) is 12.6. The maximum absolute atomic E-state index is 12.1. The molecule has 0 aliphatic rings. The lowest BCUT2D eigenvalue weighted by atomic mass is 10.3. The van der Waals surface area contributed by atoms with E-state index >= 15 is 0 Å². The molecule has 0 aliphatic carbocycles. The highest BCUT2D eigenvalue weighted by Gasteiger charge is 2.10. The second-order valence-corrected chi connectivity index (χ2v) is 7.17. The third-order valence-electron chi connectivity index (χ3n) is 3.21. The average Bonchev–Trinajstić information content (AvgIpc) is 2.97. The van der Waals surface area contributed by atoms with Crippen molar-refractivity contribution >= 4 is 61.9 Å². The highest BCUT2D eigenvalue weighted by atomic mass is 79.9. The number of anilines is 1. The van der Waals surface area contributed by atoms with Gasteiger partial charge >= 0.3 is 0 Å². The number of fused-ring (bicyclic) bond motifs is 1. The first-order chi connectivity index (χ1) is 11.5. The monoisotopic (exact) mass is 425 g/mol. The van der Waals surface area contributed by atoms with Crippen molar-refractivity contribution in [2.75, 3.05) is 18.2 Å². The molecule has 2 N–H and O–H groups in total. The Morgan fingerprint density at radius 2 is 2.21 bits per heavy atom. The average molecular weight is 427 g/mol. The summed E-state index contributed by atoms with van der Waals surface area (Å²) in [6.45, 7) is 0. The second-order valence-electron chi connectivity index (χ2n) is 4.89. The minimum absolute atomic E-state index is 0.151. The van der Waals surface area contributed by atoms with Gasteiger partial charge < -0.3 is 15.0 Å². The third kappa shape index (κ3) is 4.03. The van der Waals surface area contributed by atoms with Crippen molar-refractivity contribution in [1.82, 2.24) is 9.97 Å². The second kappa shape index (κ2) is 7.46. The Morgan fingerprint density at radius 3 is 2.96 bits per heavy atom. The van der Waals surface area contributed by atoms with Crippen molar-refractivity contribution in [3.05, 3.63) is 45.9 Å². The summed E-state index contributed by atoms with van der Waals surface area (Å²) in [5, 5.41) is 3.95. The Bertz CT molecular complexity index is 900. The molecule has 0 saturated carbocycles. The summed E-state index contributed by atoms with van der Waals surface area (Å²) in [7, 11) is 1.62. The number of rotatable bonds is 5. The molecule has 0 aliphatic heterocycles. The quantitative estimate of drug-likeness (QED) is 0.579. The van der Waals surface area contributed by atoms with Gasteiger partial charge in [-0.25, -0.2) is 4.98 Å². The molecule has 8 heteroatoms. The number of aromatic nitrogens is 2. The molecule has 1 aromatic heterocycles. The SMILES string of the molecule is COc1ccc2nc(SCC(=O)Nc3ccc(Br)cc3Cl)[nH]c2c1. The van der Waals surface area contributed by atoms with E-state index in [-0.39, 0.29) is 11.7 Å². The van der Waals surface area contributed by atoms with Crippen LogP contribution in [-0.2, 0) is 4.79 Å². The van der Waals surface area contributed by atoms with Gasteiger partial charge in [-0.2, -0.15) is 0 Å². The van der Waals surface area contributed by atoms with Crippen LogP contribution in [0.15, 0.2) is 46.0 Å². The number of thioether (sulfide) groups is 1. The molecule has 3 aromatic rings. The molecule has 24 heavy (non-hydrogen) atoms. The summed E-state index contributed by atoms with van der Waals surface area (Å²) >= 11 is 10.7. The highest BCUT2D eigenvalue weighted by Crippen LogP contribution is 2.26. The number of imidazole rings is 1. The molecule has 0 spiro atoms. The van der Waals surface area contributed by atoms with E-state index in [2.05, 4.69) is 31.2 Å². The maximum Gasteiger partial charge on any atom is 0.234 e. The zero-order chi connectivity index (χ0) is 17.1. The topological polar surface area (TPSA) is 67.0 Å². The number of H-pyrrole nitrogens is 1. The molecular formula is C16H13BrClN3O2S. The number of aromatic amines is 1. The van der Waals surface area contributed by atoms with Gasteiger partial charge in [-0.3, -0.25) is 4.79 Å². The van der Waals surface area contributed by atoms with E-state index in [1.54, 1.807) is 19.2 Å². The molecule has 0 fully saturated rings. The van der Waals surface area contributed by atoms with Gasteiger partial charge in [0.25, 0.3) is 0 Å².